The van der Waals surface area contributed by atoms with Gasteiger partial charge in [0.15, 0.2) is 0 Å². The first-order valence-corrected chi connectivity index (χ1v) is 5.05. The Hall–Kier alpha value is -1.06. The number of likely N-dealkylation sites (N-methyl/N-ethyl adjacent to an activating group) is 1. The number of benzene rings is 1. The summed E-state index contributed by atoms with van der Waals surface area (Å²) in [4.78, 5) is 13.0. The Morgan fingerprint density at radius 3 is 2.60 bits per heavy atom. The maximum Gasteiger partial charge on any atom is 0.229 e. The van der Waals surface area contributed by atoms with Crippen molar-refractivity contribution in [3.8, 4) is 0 Å². The summed E-state index contributed by atoms with van der Waals surface area (Å²) in [5.41, 5.74) is 0.260. The highest BCUT2D eigenvalue weighted by Gasteiger charge is 2.16. The van der Waals surface area contributed by atoms with Crippen LogP contribution in [0.2, 0.25) is 0 Å². The number of carbonyl (C=O) groups is 1. The highest BCUT2D eigenvalue weighted by atomic mass is 35.5. The minimum atomic E-state index is -0.707. The Morgan fingerprint density at radius 2 is 2.07 bits per heavy atom. The van der Waals surface area contributed by atoms with E-state index in [-0.39, 0.29) is 5.91 Å². The highest BCUT2D eigenvalue weighted by molar-refractivity contribution is 6.20. The predicted octanol–water partition coefficient (Wildman–Crippen LogP) is 1.86. The van der Waals surface area contributed by atoms with E-state index < -0.39 is 5.69 Å². The van der Waals surface area contributed by atoms with E-state index in [4.69, 9.17) is 16.3 Å². The normalized spacial score (nSPS) is 12.2. The molecule has 1 atom stereocenters. The van der Waals surface area contributed by atoms with Crippen LogP contribution in [0.4, 0.5) is 0 Å². The SMILES string of the molecule is COC(Cl)N(C)C(=O)Cc1ccccc1. The zero-order valence-corrected chi connectivity index (χ0v) is 9.57. The molecule has 0 fully saturated rings. The summed E-state index contributed by atoms with van der Waals surface area (Å²) in [6.07, 6.45) is 0.337. The van der Waals surface area contributed by atoms with Crippen molar-refractivity contribution >= 4 is 17.5 Å². The van der Waals surface area contributed by atoms with Crippen LogP contribution in [-0.2, 0) is 16.0 Å². The second kappa shape index (κ2) is 5.73. The van der Waals surface area contributed by atoms with E-state index in [2.05, 4.69) is 0 Å². The fraction of sp³-hybridized carbons (Fsp3) is 0.364. The number of rotatable bonds is 4. The largest absolute Gasteiger partial charge is 0.348 e. The van der Waals surface area contributed by atoms with E-state index in [1.807, 2.05) is 30.3 Å². The Kier molecular flexibility index (Phi) is 4.59. The molecule has 3 nitrogen and oxygen atoms in total. The monoisotopic (exact) mass is 227 g/mol. The quantitative estimate of drug-likeness (QED) is 0.447. The molecule has 0 saturated carbocycles. The molecule has 0 aliphatic rings. The molecule has 0 saturated heterocycles. The first-order chi connectivity index (χ1) is 7.15. The van der Waals surface area contributed by atoms with Gasteiger partial charge in [-0.15, -0.1) is 0 Å². The van der Waals surface area contributed by atoms with Crippen molar-refractivity contribution in [1.29, 1.82) is 0 Å². The van der Waals surface area contributed by atoms with Crippen LogP contribution in [0.25, 0.3) is 0 Å². The molecule has 15 heavy (non-hydrogen) atoms. The van der Waals surface area contributed by atoms with Crippen LogP contribution in [0.15, 0.2) is 30.3 Å². The lowest BCUT2D eigenvalue weighted by Crippen LogP contribution is -2.35. The fourth-order valence-corrected chi connectivity index (χ4v) is 1.28. The third-order valence-electron chi connectivity index (χ3n) is 2.09. The first kappa shape index (κ1) is 12.0. The number of alkyl halides is 1. The molecule has 1 unspecified atom stereocenters. The van der Waals surface area contributed by atoms with Crippen LogP contribution < -0.4 is 0 Å². The molecule has 0 N–H and O–H groups in total. The van der Waals surface area contributed by atoms with Crippen molar-refractivity contribution in [3.05, 3.63) is 35.9 Å². The fourth-order valence-electron chi connectivity index (χ4n) is 1.17. The minimum absolute atomic E-state index is 0.0666. The third-order valence-corrected chi connectivity index (χ3v) is 2.56. The van der Waals surface area contributed by atoms with E-state index in [9.17, 15) is 4.79 Å². The molecule has 4 heteroatoms. The van der Waals surface area contributed by atoms with E-state index in [1.165, 1.54) is 12.0 Å². The van der Waals surface area contributed by atoms with Gasteiger partial charge in [0.05, 0.1) is 6.42 Å². The van der Waals surface area contributed by atoms with Crippen molar-refractivity contribution in [2.45, 2.75) is 12.1 Å². The Morgan fingerprint density at radius 1 is 1.47 bits per heavy atom. The first-order valence-electron chi connectivity index (χ1n) is 4.61. The average Bonchev–Trinajstić information content (AvgIpc) is 2.28. The summed E-state index contributed by atoms with van der Waals surface area (Å²) in [5, 5.41) is 0. The molecule has 0 aliphatic carbocycles. The van der Waals surface area contributed by atoms with Crippen molar-refractivity contribution in [2.75, 3.05) is 14.2 Å². The second-order valence-corrected chi connectivity index (χ2v) is 3.57. The van der Waals surface area contributed by atoms with Crippen molar-refractivity contribution in [2.24, 2.45) is 0 Å². The molecule has 1 rings (SSSR count). The second-order valence-electron chi connectivity index (χ2n) is 3.19. The number of amides is 1. The van der Waals surface area contributed by atoms with Gasteiger partial charge in [0, 0.05) is 14.2 Å². The highest BCUT2D eigenvalue weighted by Crippen LogP contribution is 2.07. The van der Waals surface area contributed by atoms with Crippen LogP contribution in [0.1, 0.15) is 5.56 Å². The number of carbonyl (C=O) groups excluding carboxylic acids is 1. The Balaban J connectivity index is 2.56. The van der Waals surface area contributed by atoms with Crippen LogP contribution >= 0.6 is 11.6 Å². The number of ether oxygens (including phenoxy) is 1. The van der Waals surface area contributed by atoms with Gasteiger partial charge in [-0.1, -0.05) is 41.9 Å². The van der Waals surface area contributed by atoms with Gasteiger partial charge in [0.2, 0.25) is 11.6 Å². The van der Waals surface area contributed by atoms with Crippen LogP contribution in [0, 0.1) is 0 Å². The van der Waals surface area contributed by atoms with E-state index in [0.717, 1.165) is 5.56 Å². The van der Waals surface area contributed by atoms with Crippen LogP contribution in [0.5, 0.6) is 0 Å². The molecule has 1 aromatic carbocycles. The van der Waals surface area contributed by atoms with Crippen molar-refractivity contribution < 1.29 is 9.53 Å². The van der Waals surface area contributed by atoms with Crippen LogP contribution in [-0.4, -0.2) is 30.7 Å². The Bertz CT molecular complexity index is 316. The molecule has 82 valence electrons. The molecule has 0 aromatic heterocycles. The molecule has 0 aliphatic heterocycles. The van der Waals surface area contributed by atoms with Gasteiger partial charge in [-0.05, 0) is 5.56 Å². The summed E-state index contributed by atoms with van der Waals surface area (Å²) in [6, 6.07) is 9.52. The standard InChI is InChI=1S/C11H14ClNO2/c1-13(11(12)15-2)10(14)8-9-6-4-3-5-7-9/h3-7,11H,8H2,1-2H3. The lowest BCUT2D eigenvalue weighted by atomic mass is 10.1. The lowest BCUT2D eigenvalue weighted by molar-refractivity contribution is -0.135. The van der Waals surface area contributed by atoms with Gasteiger partial charge < -0.3 is 9.64 Å². The molecule has 0 heterocycles. The Labute approximate surface area is 94.6 Å². The number of hydrogen-bond acceptors (Lipinski definition) is 2. The molecule has 1 amide bonds. The number of nitrogens with zero attached hydrogens (tertiary/aromatic N) is 1. The van der Waals surface area contributed by atoms with Gasteiger partial charge in [0.25, 0.3) is 0 Å². The molecular weight excluding hydrogens is 214 g/mol. The number of hydrogen-bond donors (Lipinski definition) is 0. The summed E-state index contributed by atoms with van der Waals surface area (Å²) < 4.78 is 4.84. The lowest BCUT2D eigenvalue weighted by Gasteiger charge is -2.21. The number of halogens is 1. The molecule has 0 bridgehead atoms. The average molecular weight is 228 g/mol. The topological polar surface area (TPSA) is 29.5 Å². The zero-order chi connectivity index (χ0) is 11.3. The summed E-state index contributed by atoms with van der Waals surface area (Å²) >= 11 is 5.76. The van der Waals surface area contributed by atoms with Crippen molar-refractivity contribution in [3.63, 3.8) is 0 Å². The predicted molar refractivity (Wildman–Crippen MR) is 59.6 cm³/mol. The van der Waals surface area contributed by atoms with Crippen LogP contribution in [0.3, 0.4) is 0 Å². The van der Waals surface area contributed by atoms with E-state index >= 15 is 0 Å². The van der Waals surface area contributed by atoms with Gasteiger partial charge in [-0.2, -0.15) is 0 Å². The minimum Gasteiger partial charge on any atom is -0.348 e. The summed E-state index contributed by atoms with van der Waals surface area (Å²) in [7, 11) is 3.08. The van der Waals surface area contributed by atoms with Gasteiger partial charge >= 0.3 is 0 Å². The molecular formula is C11H14ClNO2. The van der Waals surface area contributed by atoms with Crippen molar-refractivity contribution in [1.82, 2.24) is 4.90 Å². The van der Waals surface area contributed by atoms with Gasteiger partial charge in [-0.3, -0.25) is 4.79 Å². The van der Waals surface area contributed by atoms with Gasteiger partial charge in [-0.25, -0.2) is 0 Å². The molecule has 0 spiro atoms. The number of methoxy groups -OCH3 is 1. The zero-order valence-electron chi connectivity index (χ0n) is 8.81. The maximum atomic E-state index is 11.7. The van der Waals surface area contributed by atoms with E-state index in [1.54, 1.807) is 7.05 Å². The summed E-state index contributed by atoms with van der Waals surface area (Å²) in [5.74, 6) is -0.0666. The summed E-state index contributed by atoms with van der Waals surface area (Å²) in [6.45, 7) is 0. The van der Waals surface area contributed by atoms with Gasteiger partial charge in [0.1, 0.15) is 0 Å². The van der Waals surface area contributed by atoms with E-state index in [0.29, 0.717) is 6.42 Å². The maximum absolute atomic E-state index is 11.7. The molecule has 0 radical (unpaired) electrons. The molecule has 1 aromatic rings. The smallest absolute Gasteiger partial charge is 0.229 e. The third kappa shape index (κ3) is 3.53.